The van der Waals surface area contributed by atoms with Crippen LogP contribution in [-0.2, 0) is 0 Å². The van der Waals surface area contributed by atoms with Crippen LogP contribution in [-0.4, -0.2) is 26.9 Å². The van der Waals surface area contributed by atoms with Gasteiger partial charge in [-0.3, -0.25) is 4.79 Å². The molecular formula is C18H17FN4O. The van der Waals surface area contributed by atoms with Gasteiger partial charge >= 0.3 is 0 Å². The van der Waals surface area contributed by atoms with E-state index in [1.54, 1.807) is 12.3 Å². The van der Waals surface area contributed by atoms with Crippen molar-refractivity contribution in [3.63, 3.8) is 0 Å². The summed E-state index contributed by atoms with van der Waals surface area (Å²) < 4.78 is 14.2. The van der Waals surface area contributed by atoms with Crippen LogP contribution < -0.4 is 5.32 Å². The van der Waals surface area contributed by atoms with E-state index < -0.39 is 5.82 Å². The van der Waals surface area contributed by atoms with Crippen LogP contribution in [0.3, 0.4) is 0 Å². The van der Waals surface area contributed by atoms with Crippen LogP contribution in [0.1, 0.15) is 34.6 Å². The lowest BCUT2D eigenvalue weighted by Crippen LogP contribution is -2.26. The van der Waals surface area contributed by atoms with Crippen molar-refractivity contribution in [1.82, 2.24) is 20.3 Å². The van der Waals surface area contributed by atoms with E-state index in [4.69, 9.17) is 0 Å². The number of hydrogen-bond donors (Lipinski definition) is 2. The normalized spacial score (nSPS) is 14.1. The van der Waals surface area contributed by atoms with Crippen LogP contribution in [0.25, 0.3) is 22.3 Å². The van der Waals surface area contributed by atoms with Gasteiger partial charge in [-0.05, 0) is 56.0 Å². The highest BCUT2D eigenvalue weighted by Gasteiger charge is 2.25. The standard InChI is InChI=1S/C18H17FN4O/c1-9-5-15(19)14(18(24)23-12-3-4-12)7-13(9)11-6-16-17(20-8-11)22-10(2)21-16/h5-8,12H,3-4H2,1-2H3,(H,23,24)(H,20,21,22). The maximum Gasteiger partial charge on any atom is 0.254 e. The van der Waals surface area contributed by atoms with Gasteiger partial charge in [0.1, 0.15) is 17.2 Å². The van der Waals surface area contributed by atoms with Gasteiger partial charge in [0, 0.05) is 17.8 Å². The summed E-state index contributed by atoms with van der Waals surface area (Å²) in [5, 5.41) is 2.83. The highest BCUT2D eigenvalue weighted by atomic mass is 19.1. The van der Waals surface area contributed by atoms with Crippen LogP contribution in [0.5, 0.6) is 0 Å². The molecule has 1 aromatic carbocycles. The number of fused-ring (bicyclic) bond motifs is 1. The number of nitrogens with one attached hydrogen (secondary N) is 2. The Bertz CT molecular complexity index is 959. The van der Waals surface area contributed by atoms with Crippen molar-refractivity contribution in [3.05, 3.63) is 47.2 Å². The molecule has 122 valence electrons. The molecule has 1 aliphatic rings. The van der Waals surface area contributed by atoms with Gasteiger partial charge in [0.15, 0.2) is 5.65 Å². The smallest absolute Gasteiger partial charge is 0.254 e. The minimum Gasteiger partial charge on any atom is -0.349 e. The molecule has 2 N–H and O–H groups in total. The van der Waals surface area contributed by atoms with E-state index in [1.165, 1.54) is 6.07 Å². The van der Waals surface area contributed by atoms with E-state index in [0.717, 1.165) is 40.9 Å². The number of carbonyl (C=O) groups excluding carboxylic acids is 1. The zero-order valence-electron chi connectivity index (χ0n) is 13.5. The first-order valence-electron chi connectivity index (χ1n) is 7.95. The number of nitrogens with zero attached hydrogens (tertiary/aromatic N) is 2. The molecule has 0 aliphatic heterocycles. The molecule has 4 rings (SSSR count). The molecule has 1 saturated carbocycles. The minimum atomic E-state index is -0.501. The number of carbonyl (C=O) groups is 1. The van der Waals surface area contributed by atoms with Crippen LogP contribution >= 0.6 is 0 Å². The SMILES string of the molecule is Cc1nc2cc(-c3cc(C(=O)NC4CC4)c(F)cc3C)cnc2[nH]1. The number of H-pyrrole nitrogens is 1. The fourth-order valence-electron chi connectivity index (χ4n) is 2.81. The van der Waals surface area contributed by atoms with Crippen LogP contribution in [0.4, 0.5) is 4.39 Å². The zero-order chi connectivity index (χ0) is 16.8. The molecule has 1 amide bonds. The predicted molar refractivity (Wildman–Crippen MR) is 89.2 cm³/mol. The Morgan fingerprint density at radius 3 is 2.83 bits per heavy atom. The Kier molecular flexibility index (Phi) is 3.33. The summed E-state index contributed by atoms with van der Waals surface area (Å²) >= 11 is 0. The fourth-order valence-corrected chi connectivity index (χ4v) is 2.81. The molecule has 3 aromatic rings. The van der Waals surface area contributed by atoms with E-state index in [-0.39, 0.29) is 17.5 Å². The number of pyridine rings is 1. The quantitative estimate of drug-likeness (QED) is 0.777. The Balaban J connectivity index is 1.78. The second kappa shape index (κ2) is 5.40. The number of imidazole rings is 1. The van der Waals surface area contributed by atoms with Crippen molar-refractivity contribution >= 4 is 17.1 Å². The molecule has 0 bridgehead atoms. The predicted octanol–water partition coefficient (Wildman–Crippen LogP) is 3.27. The molecule has 0 spiro atoms. The number of aromatic nitrogens is 3. The maximum absolute atomic E-state index is 14.2. The van der Waals surface area contributed by atoms with Gasteiger partial charge in [0.2, 0.25) is 0 Å². The monoisotopic (exact) mass is 324 g/mol. The third-order valence-corrected chi connectivity index (χ3v) is 4.24. The van der Waals surface area contributed by atoms with Gasteiger partial charge in [-0.1, -0.05) is 0 Å². The van der Waals surface area contributed by atoms with Crippen molar-refractivity contribution in [2.45, 2.75) is 32.7 Å². The van der Waals surface area contributed by atoms with Gasteiger partial charge in [-0.25, -0.2) is 14.4 Å². The topological polar surface area (TPSA) is 70.7 Å². The molecule has 1 fully saturated rings. The zero-order valence-corrected chi connectivity index (χ0v) is 13.5. The number of rotatable bonds is 3. The fraction of sp³-hybridized carbons (Fsp3) is 0.278. The number of halogens is 1. The third kappa shape index (κ3) is 2.64. The van der Waals surface area contributed by atoms with Crippen molar-refractivity contribution in [2.75, 3.05) is 0 Å². The van der Waals surface area contributed by atoms with Crippen molar-refractivity contribution < 1.29 is 9.18 Å². The van der Waals surface area contributed by atoms with Gasteiger partial charge in [0.25, 0.3) is 5.91 Å². The molecule has 0 unspecified atom stereocenters. The Morgan fingerprint density at radius 1 is 1.29 bits per heavy atom. The highest BCUT2D eigenvalue weighted by Crippen LogP contribution is 2.28. The first kappa shape index (κ1) is 14.8. The Morgan fingerprint density at radius 2 is 2.08 bits per heavy atom. The molecule has 2 aromatic heterocycles. The van der Waals surface area contributed by atoms with Gasteiger partial charge in [-0.15, -0.1) is 0 Å². The number of hydrogen-bond acceptors (Lipinski definition) is 3. The summed E-state index contributed by atoms with van der Waals surface area (Å²) in [6.45, 7) is 3.69. The van der Waals surface area contributed by atoms with E-state index in [0.29, 0.717) is 5.65 Å². The number of aromatic amines is 1. The molecular weight excluding hydrogens is 307 g/mol. The minimum absolute atomic E-state index is 0.0702. The Hall–Kier alpha value is -2.76. The van der Waals surface area contributed by atoms with Gasteiger partial charge < -0.3 is 10.3 Å². The summed E-state index contributed by atoms with van der Waals surface area (Å²) in [7, 11) is 0. The summed E-state index contributed by atoms with van der Waals surface area (Å²) in [6.07, 6.45) is 3.64. The summed E-state index contributed by atoms with van der Waals surface area (Å²) in [5.74, 6) is -0.0741. The maximum atomic E-state index is 14.2. The molecule has 0 atom stereocenters. The molecule has 5 nitrogen and oxygen atoms in total. The molecule has 6 heteroatoms. The third-order valence-electron chi connectivity index (χ3n) is 4.24. The lowest BCUT2D eigenvalue weighted by molar-refractivity contribution is 0.0947. The second-order valence-electron chi connectivity index (χ2n) is 6.31. The molecule has 24 heavy (non-hydrogen) atoms. The Labute approximate surface area is 138 Å². The summed E-state index contributed by atoms with van der Waals surface area (Å²) in [4.78, 5) is 24.1. The average Bonchev–Trinajstić information content (AvgIpc) is 3.25. The van der Waals surface area contributed by atoms with Crippen molar-refractivity contribution in [2.24, 2.45) is 0 Å². The first-order chi connectivity index (χ1) is 11.5. The number of aryl methyl sites for hydroxylation is 2. The van der Waals surface area contributed by atoms with E-state index >= 15 is 0 Å². The number of benzene rings is 1. The van der Waals surface area contributed by atoms with Gasteiger partial charge in [0.05, 0.1) is 5.56 Å². The van der Waals surface area contributed by atoms with E-state index in [2.05, 4.69) is 20.3 Å². The molecule has 1 aliphatic carbocycles. The van der Waals surface area contributed by atoms with E-state index in [1.807, 2.05) is 19.9 Å². The molecule has 0 radical (unpaired) electrons. The summed E-state index contributed by atoms with van der Waals surface area (Å²) in [6, 6.07) is 5.09. The second-order valence-corrected chi connectivity index (χ2v) is 6.31. The van der Waals surface area contributed by atoms with Crippen LogP contribution in [0.15, 0.2) is 24.4 Å². The van der Waals surface area contributed by atoms with Gasteiger partial charge in [-0.2, -0.15) is 0 Å². The van der Waals surface area contributed by atoms with E-state index in [9.17, 15) is 9.18 Å². The highest BCUT2D eigenvalue weighted by molar-refractivity contribution is 5.96. The van der Waals surface area contributed by atoms with Crippen molar-refractivity contribution in [1.29, 1.82) is 0 Å². The summed E-state index contributed by atoms with van der Waals surface area (Å²) in [5.41, 5.74) is 3.88. The largest absolute Gasteiger partial charge is 0.349 e. The first-order valence-corrected chi connectivity index (χ1v) is 7.95. The van der Waals surface area contributed by atoms with Crippen LogP contribution in [0, 0.1) is 19.7 Å². The van der Waals surface area contributed by atoms with Crippen molar-refractivity contribution in [3.8, 4) is 11.1 Å². The molecule has 0 saturated heterocycles. The average molecular weight is 324 g/mol. The lowest BCUT2D eigenvalue weighted by Gasteiger charge is -2.11. The molecule has 2 heterocycles. The van der Waals surface area contributed by atoms with Crippen LogP contribution in [0.2, 0.25) is 0 Å². The lowest BCUT2D eigenvalue weighted by atomic mass is 9.98. The number of amides is 1.